The molecule has 1 unspecified atom stereocenters. The molecule has 5 amide bonds. The van der Waals surface area contributed by atoms with Crippen LogP contribution < -0.4 is 5.32 Å². The second-order valence-electron chi connectivity index (χ2n) is 11.3. The molecule has 1 heterocycles. The van der Waals surface area contributed by atoms with Crippen LogP contribution in [-0.2, 0) is 19.1 Å². The molecule has 1 fully saturated rings. The zero-order valence-electron chi connectivity index (χ0n) is 26.4. The lowest BCUT2D eigenvalue weighted by molar-refractivity contribution is -0.211. The number of likely N-dealkylation sites (tertiary alicyclic amines) is 1. The highest BCUT2D eigenvalue weighted by molar-refractivity contribution is 6.03. The standard InChI is InChI=1S/C33H47N5O5/c1-7-20-37(29(40)28(25-16-12-10-13-17-25)26-18-14-11-15-19-26)24-34-32(42)38-30(41)33(8-2,9-3)31(38)43-23-27(39)36(6)22-21-35(4)5/h10-19,28,31H,7-9,20-24H2,1-6H3,(H,34,42). The van der Waals surface area contributed by atoms with E-state index in [0.717, 1.165) is 16.0 Å². The van der Waals surface area contributed by atoms with E-state index in [9.17, 15) is 19.2 Å². The summed E-state index contributed by atoms with van der Waals surface area (Å²) in [7, 11) is 5.57. The van der Waals surface area contributed by atoms with Gasteiger partial charge in [0, 0.05) is 26.7 Å². The fourth-order valence-corrected chi connectivity index (χ4v) is 5.44. The predicted octanol–water partition coefficient (Wildman–Crippen LogP) is 3.74. The number of likely N-dealkylation sites (N-methyl/N-ethyl adjacent to an activating group) is 2. The first-order valence-corrected chi connectivity index (χ1v) is 15.1. The van der Waals surface area contributed by atoms with E-state index in [4.69, 9.17) is 4.74 Å². The van der Waals surface area contributed by atoms with Gasteiger partial charge in [0.2, 0.25) is 17.7 Å². The third-order valence-electron chi connectivity index (χ3n) is 8.24. The third-order valence-corrected chi connectivity index (χ3v) is 8.24. The van der Waals surface area contributed by atoms with Gasteiger partial charge in [-0.15, -0.1) is 0 Å². The number of urea groups is 1. The second kappa shape index (κ2) is 15.6. The predicted molar refractivity (Wildman–Crippen MR) is 166 cm³/mol. The lowest BCUT2D eigenvalue weighted by Gasteiger charge is -2.53. The van der Waals surface area contributed by atoms with Crippen LogP contribution in [0.4, 0.5) is 4.79 Å². The van der Waals surface area contributed by atoms with E-state index in [1.807, 2.05) is 100 Å². The lowest BCUT2D eigenvalue weighted by Crippen LogP contribution is -2.73. The van der Waals surface area contributed by atoms with Crippen molar-refractivity contribution >= 4 is 23.8 Å². The number of imide groups is 1. The van der Waals surface area contributed by atoms with Crippen LogP contribution in [0, 0.1) is 5.41 Å². The average Bonchev–Trinajstić information content (AvgIpc) is 3.01. The van der Waals surface area contributed by atoms with E-state index in [2.05, 4.69) is 5.32 Å². The Morgan fingerprint density at radius 3 is 1.93 bits per heavy atom. The van der Waals surface area contributed by atoms with Crippen LogP contribution in [0.25, 0.3) is 0 Å². The minimum Gasteiger partial charge on any atom is -0.347 e. The number of amides is 5. The number of carbonyl (C=O) groups is 4. The highest BCUT2D eigenvalue weighted by atomic mass is 16.5. The normalized spacial score (nSPS) is 15.8. The van der Waals surface area contributed by atoms with Crippen molar-refractivity contribution < 1.29 is 23.9 Å². The molecule has 0 radical (unpaired) electrons. The number of β-lactam (4-membered cyclic amide) rings is 1. The zero-order valence-corrected chi connectivity index (χ0v) is 26.4. The largest absolute Gasteiger partial charge is 0.347 e. The number of benzene rings is 2. The van der Waals surface area contributed by atoms with Gasteiger partial charge in [-0.3, -0.25) is 14.4 Å². The van der Waals surface area contributed by atoms with Crippen molar-refractivity contribution in [3.63, 3.8) is 0 Å². The topological polar surface area (TPSA) is 102 Å². The molecule has 234 valence electrons. The maximum atomic E-state index is 14.0. The highest BCUT2D eigenvalue weighted by Gasteiger charge is 2.62. The lowest BCUT2D eigenvalue weighted by atomic mass is 9.72. The maximum Gasteiger partial charge on any atom is 0.327 e. The fourth-order valence-electron chi connectivity index (χ4n) is 5.44. The Morgan fingerprint density at radius 2 is 1.44 bits per heavy atom. The Hall–Kier alpha value is -3.76. The molecule has 0 aromatic heterocycles. The smallest absolute Gasteiger partial charge is 0.327 e. The Balaban J connectivity index is 1.74. The molecule has 2 aromatic rings. The monoisotopic (exact) mass is 593 g/mol. The van der Waals surface area contributed by atoms with Crippen LogP contribution in [0.1, 0.15) is 57.1 Å². The van der Waals surface area contributed by atoms with Crippen LogP contribution in [-0.4, -0.2) is 104 Å². The molecule has 0 saturated carbocycles. The summed E-state index contributed by atoms with van der Waals surface area (Å²) in [6.07, 6.45) is 0.748. The minimum absolute atomic E-state index is 0.0738. The summed E-state index contributed by atoms with van der Waals surface area (Å²) in [6.45, 7) is 7.07. The molecule has 1 atom stereocenters. The van der Waals surface area contributed by atoms with Gasteiger partial charge in [0.1, 0.15) is 6.61 Å². The molecule has 3 rings (SSSR count). The van der Waals surface area contributed by atoms with E-state index in [1.165, 1.54) is 0 Å². The molecular formula is C33H47N5O5. The summed E-state index contributed by atoms with van der Waals surface area (Å²) in [5, 5.41) is 2.79. The molecule has 1 N–H and O–H groups in total. The number of hydrogen-bond donors (Lipinski definition) is 1. The quantitative estimate of drug-likeness (QED) is 0.249. The summed E-state index contributed by atoms with van der Waals surface area (Å²) < 4.78 is 5.98. The molecule has 10 heteroatoms. The van der Waals surface area contributed by atoms with Crippen molar-refractivity contribution in [3.8, 4) is 0 Å². The van der Waals surface area contributed by atoms with Gasteiger partial charge in [-0.2, -0.15) is 0 Å². The first-order chi connectivity index (χ1) is 20.6. The number of nitrogens with one attached hydrogen (secondary N) is 1. The van der Waals surface area contributed by atoms with Crippen LogP contribution in [0.15, 0.2) is 60.7 Å². The fraction of sp³-hybridized carbons (Fsp3) is 0.515. The average molecular weight is 594 g/mol. The summed E-state index contributed by atoms with van der Waals surface area (Å²) in [6, 6.07) is 18.5. The SMILES string of the molecule is CCCN(CNC(=O)N1C(=O)C(CC)(CC)C1OCC(=O)N(C)CCN(C)C)C(=O)C(c1ccccc1)c1ccccc1. The van der Waals surface area contributed by atoms with Crippen LogP contribution >= 0.6 is 0 Å². The summed E-state index contributed by atoms with van der Waals surface area (Å²) in [4.78, 5) is 59.7. The van der Waals surface area contributed by atoms with E-state index < -0.39 is 23.6 Å². The number of rotatable bonds is 15. The first kappa shape index (κ1) is 33.7. The Bertz CT molecular complexity index is 1180. The van der Waals surface area contributed by atoms with Gasteiger partial charge in [0.15, 0.2) is 6.23 Å². The van der Waals surface area contributed by atoms with E-state index in [1.54, 1.807) is 16.8 Å². The Morgan fingerprint density at radius 1 is 0.884 bits per heavy atom. The summed E-state index contributed by atoms with van der Waals surface area (Å²) in [5.41, 5.74) is 0.826. The molecule has 2 aromatic carbocycles. The van der Waals surface area contributed by atoms with Crippen LogP contribution in [0.3, 0.4) is 0 Å². The van der Waals surface area contributed by atoms with Crippen molar-refractivity contribution in [3.05, 3.63) is 71.8 Å². The molecule has 0 bridgehead atoms. The van der Waals surface area contributed by atoms with E-state index in [-0.39, 0.29) is 31.0 Å². The zero-order chi connectivity index (χ0) is 31.6. The summed E-state index contributed by atoms with van der Waals surface area (Å²) in [5.74, 6) is -1.26. The highest BCUT2D eigenvalue weighted by Crippen LogP contribution is 2.45. The van der Waals surface area contributed by atoms with E-state index >= 15 is 0 Å². The first-order valence-electron chi connectivity index (χ1n) is 15.1. The molecule has 43 heavy (non-hydrogen) atoms. The van der Waals surface area contributed by atoms with Crippen molar-refractivity contribution in [2.75, 3.05) is 54.1 Å². The molecule has 0 aliphatic carbocycles. The van der Waals surface area contributed by atoms with Crippen molar-refractivity contribution in [1.29, 1.82) is 0 Å². The molecule has 1 aliphatic heterocycles. The maximum absolute atomic E-state index is 14.0. The van der Waals surface area contributed by atoms with Crippen LogP contribution in [0.5, 0.6) is 0 Å². The number of hydrogen-bond acceptors (Lipinski definition) is 6. The Labute approximate surface area is 255 Å². The van der Waals surface area contributed by atoms with Gasteiger partial charge in [0.25, 0.3) is 0 Å². The van der Waals surface area contributed by atoms with Gasteiger partial charge in [-0.05, 0) is 44.5 Å². The summed E-state index contributed by atoms with van der Waals surface area (Å²) >= 11 is 0. The molecule has 10 nitrogen and oxygen atoms in total. The molecule has 0 spiro atoms. The van der Waals surface area contributed by atoms with Gasteiger partial charge >= 0.3 is 6.03 Å². The second-order valence-corrected chi connectivity index (χ2v) is 11.3. The third kappa shape index (κ3) is 7.80. The van der Waals surface area contributed by atoms with Crippen molar-refractivity contribution in [2.24, 2.45) is 5.41 Å². The van der Waals surface area contributed by atoms with Crippen molar-refractivity contribution in [1.82, 2.24) is 24.9 Å². The Kier molecular flexibility index (Phi) is 12.3. The van der Waals surface area contributed by atoms with Gasteiger partial charge in [-0.1, -0.05) is 81.4 Å². The molecule has 1 aliphatic rings. The minimum atomic E-state index is -0.884. The van der Waals surface area contributed by atoms with Gasteiger partial charge in [0.05, 0.1) is 18.0 Å². The molecular weight excluding hydrogens is 546 g/mol. The van der Waals surface area contributed by atoms with Crippen LogP contribution in [0.2, 0.25) is 0 Å². The number of ether oxygens (including phenoxy) is 1. The number of carbonyl (C=O) groups excluding carboxylic acids is 4. The van der Waals surface area contributed by atoms with Gasteiger partial charge in [-0.25, -0.2) is 9.69 Å². The molecule has 1 saturated heterocycles. The number of nitrogens with zero attached hydrogens (tertiary/aromatic N) is 4. The van der Waals surface area contributed by atoms with E-state index in [0.29, 0.717) is 38.9 Å². The van der Waals surface area contributed by atoms with Crippen molar-refractivity contribution in [2.45, 2.75) is 52.2 Å². The van der Waals surface area contributed by atoms with Gasteiger partial charge < -0.3 is 24.8 Å².